The highest BCUT2D eigenvalue weighted by Crippen LogP contribution is 2.36. The highest BCUT2D eigenvalue weighted by Gasteiger charge is 2.16. The number of nitrogens with zero attached hydrogens (tertiary/aromatic N) is 3. The summed E-state index contributed by atoms with van der Waals surface area (Å²) in [6, 6.07) is 20.9. The molecular formula is C28H25N5O5. The summed E-state index contributed by atoms with van der Waals surface area (Å²) in [5, 5.41) is 10.4. The fraction of sp³-hybridized carbons (Fsp3) is 0.0714. The van der Waals surface area contributed by atoms with E-state index in [1.807, 2.05) is 6.07 Å². The Hall–Kier alpha value is -5.38. The van der Waals surface area contributed by atoms with Gasteiger partial charge in [-0.1, -0.05) is 12.6 Å². The summed E-state index contributed by atoms with van der Waals surface area (Å²) >= 11 is 0. The second-order valence-corrected chi connectivity index (χ2v) is 7.80. The molecule has 1 aromatic heterocycles. The predicted octanol–water partition coefficient (Wildman–Crippen LogP) is 6.58. The van der Waals surface area contributed by atoms with E-state index in [1.54, 1.807) is 87.1 Å². The molecule has 192 valence electrons. The van der Waals surface area contributed by atoms with Crippen molar-refractivity contribution in [3.63, 3.8) is 0 Å². The van der Waals surface area contributed by atoms with Crippen LogP contribution in [0.4, 0.5) is 28.4 Å². The second-order valence-electron chi connectivity index (χ2n) is 7.80. The number of benzene rings is 3. The van der Waals surface area contributed by atoms with E-state index < -0.39 is 0 Å². The van der Waals surface area contributed by atoms with Crippen molar-refractivity contribution in [2.45, 2.75) is 0 Å². The Morgan fingerprint density at radius 3 is 2.39 bits per heavy atom. The third kappa shape index (κ3) is 6.05. The molecule has 10 heteroatoms. The molecular weight excluding hydrogens is 486 g/mol. The maximum atomic E-state index is 11.9. The van der Waals surface area contributed by atoms with Crippen molar-refractivity contribution in [2.24, 2.45) is 5.29 Å². The minimum atomic E-state index is -0.318. The van der Waals surface area contributed by atoms with Gasteiger partial charge in [-0.3, -0.25) is 9.78 Å². The van der Waals surface area contributed by atoms with Gasteiger partial charge < -0.3 is 24.8 Å². The lowest BCUT2D eigenvalue weighted by Gasteiger charge is -2.20. The molecule has 10 nitrogen and oxygen atoms in total. The molecule has 0 fully saturated rings. The zero-order valence-corrected chi connectivity index (χ0v) is 20.8. The number of rotatable bonds is 11. The summed E-state index contributed by atoms with van der Waals surface area (Å²) in [4.78, 5) is 27.7. The van der Waals surface area contributed by atoms with E-state index in [0.717, 1.165) is 0 Å². The molecule has 1 heterocycles. The van der Waals surface area contributed by atoms with Crippen LogP contribution in [0.25, 0.3) is 0 Å². The fourth-order valence-corrected chi connectivity index (χ4v) is 3.59. The number of nitrogens with one attached hydrogen (secondary N) is 2. The highest BCUT2D eigenvalue weighted by atomic mass is 16.5. The van der Waals surface area contributed by atoms with E-state index in [-0.39, 0.29) is 5.91 Å². The van der Waals surface area contributed by atoms with E-state index in [4.69, 9.17) is 14.2 Å². The van der Waals surface area contributed by atoms with Gasteiger partial charge in [-0.25, -0.2) is 0 Å². The maximum Gasteiger partial charge on any atom is 0.247 e. The van der Waals surface area contributed by atoms with Crippen molar-refractivity contribution >= 4 is 34.3 Å². The summed E-state index contributed by atoms with van der Waals surface area (Å²) in [5.74, 6) is 1.93. The first-order valence-corrected chi connectivity index (χ1v) is 11.4. The Labute approximate surface area is 219 Å². The van der Waals surface area contributed by atoms with Gasteiger partial charge in [0.15, 0.2) is 11.5 Å². The summed E-state index contributed by atoms with van der Waals surface area (Å²) in [7, 11) is 3.12. The van der Waals surface area contributed by atoms with Gasteiger partial charge in [0, 0.05) is 23.6 Å². The first-order chi connectivity index (χ1) is 18.5. The highest BCUT2D eigenvalue weighted by molar-refractivity contribution is 5.99. The smallest absolute Gasteiger partial charge is 0.247 e. The van der Waals surface area contributed by atoms with Gasteiger partial charge in [-0.15, -0.1) is 4.91 Å². The summed E-state index contributed by atoms with van der Waals surface area (Å²) in [5.41, 5.74) is 2.78. The molecule has 4 rings (SSSR count). The zero-order valence-electron chi connectivity index (χ0n) is 20.8. The van der Waals surface area contributed by atoms with E-state index >= 15 is 0 Å². The van der Waals surface area contributed by atoms with Gasteiger partial charge >= 0.3 is 0 Å². The number of amides is 1. The van der Waals surface area contributed by atoms with E-state index in [9.17, 15) is 9.70 Å². The van der Waals surface area contributed by atoms with Gasteiger partial charge in [0.25, 0.3) is 0 Å². The minimum Gasteiger partial charge on any atom is -0.493 e. The molecule has 0 spiro atoms. The van der Waals surface area contributed by atoms with Crippen LogP contribution in [0.2, 0.25) is 0 Å². The number of hydrogen-bond donors (Lipinski definition) is 2. The lowest BCUT2D eigenvalue weighted by atomic mass is 10.2. The van der Waals surface area contributed by atoms with Gasteiger partial charge in [-0.2, -0.15) is 5.01 Å². The third-order valence-corrected chi connectivity index (χ3v) is 5.38. The zero-order chi connectivity index (χ0) is 26.9. The number of carbonyl (C=O) groups is 1. The van der Waals surface area contributed by atoms with Crippen molar-refractivity contribution in [3.8, 4) is 23.0 Å². The Kier molecular flexibility index (Phi) is 8.15. The summed E-state index contributed by atoms with van der Waals surface area (Å²) in [6.07, 6.45) is 4.32. The molecule has 2 N–H and O–H groups in total. The van der Waals surface area contributed by atoms with Gasteiger partial charge in [0.1, 0.15) is 17.2 Å². The number of methoxy groups -OCH3 is 2. The SMILES string of the molecule is C=CC(=O)Nc1cccc(Nc2ccncc2N(N=O)c2ccc(Oc3ccc(OC)c(OC)c3)cc2)c1. The maximum absolute atomic E-state index is 11.9. The van der Waals surface area contributed by atoms with Crippen molar-refractivity contribution < 1.29 is 19.0 Å². The molecule has 0 radical (unpaired) electrons. The van der Waals surface area contributed by atoms with Crippen molar-refractivity contribution in [1.82, 2.24) is 4.98 Å². The van der Waals surface area contributed by atoms with Crippen LogP contribution in [0, 0.1) is 4.91 Å². The Morgan fingerprint density at radius 1 is 0.947 bits per heavy atom. The first kappa shape index (κ1) is 25.7. The Balaban J connectivity index is 1.54. The number of hydrogen-bond acceptors (Lipinski definition) is 8. The molecule has 0 aliphatic heterocycles. The molecule has 0 saturated carbocycles. The standard InChI is InChI=1S/C28H25N5O5/c1-4-28(34)31-20-7-5-6-19(16-20)30-24-14-15-29-18-25(24)33(32-35)21-8-10-22(11-9-21)38-23-12-13-26(36-2)27(17-23)37-3/h4-18H,1H2,2-3H3,(H,29,30)(H,31,34). The molecule has 0 unspecified atom stereocenters. The molecule has 0 aliphatic rings. The number of anilines is 5. The van der Waals surface area contributed by atoms with Crippen LogP contribution in [0.15, 0.2) is 103 Å². The molecule has 1 amide bonds. The molecule has 0 bridgehead atoms. The van der Waals surface area contributed by atoms with Gasteiger partial charge in [0.05, 0.1) is 37.1 Å². The largest absolute Gasteiger partial charge is 0.493 e. The van der Waals surface area contributed by atoms with Crippen molar-refractivity contribution in [1.29, 1.82) is 0 Å². The molecule has 3 aromatic carbocycles. The summed E-state index contributed by atoms with van der Waals surface area (Å²) in [6.45, 7) is 3.46. The average molecular weight is 512 g/mol. The second kappa shape index (κ2) is 12.0. The predicted molar refractivity (Wildman–Crippen MR) is 147 cm³/mol. The minimum absolute atomic E-state index is 0.318. The van der Waals surface area contributed by atoms with Gasteiger partial charge in [-0.05, 0) is 66.7 Å². The topological polar surface area (TPSA) is 114 Å². The van der Waals surface area contributed by atoms with E-state index in [2.05, 4.69) is 27.5 Å². The van der Waals surface area contributed by atoms with Crippen LogP contribution in [-0.2, 0) is 4.79 Å². The average Bonchev–Trinajstić information content (AvgIpc) is 2.95. The van der Waals surface area contributed by atoms with Crippen molar-refractivity contribution in [2.75, 3.05) is 29.9 Å². The number of ether oxygens (including phenoxy) is 3. The summed E-state index contributed by atoms with van der Waals surface area (Å²) < 4.78 is 16.5. The number of aromatic nitrogens is 1. The van der Waals surface area contributed by atoms with E-state index in [0.29, 0.717) is 51.4 Å². The molecule has 0 aliphatic carbocycles. The molecule has 0 saturated heterocycles. The van der Waals surface area contributed by atoms with E-state index in [1.165, 1.54) is 17.3 Å². The van der Waals surface area contributed by atoms with Crippen LogP contribution in [-0.4, -0.2) is 25.1 Å². The molecule has 4 aromatic rings. The van der Waals surface area contributed by atoms with Crippen LogP contribution in [0.3, 0.4) is 0 Å². The third-order valence-electron chi connectivity index (χ3n) is 5.38. The molecule has 0 atom stereocenters. The number of carbonyl (C=O) groups excluding carboxylic acids is 1. The van der Waals surface area contributed by atoms with Crippen LogP contribution in [0.1, 0.15) is 0 Å². The Morgan fingerprint density at radius 2 is 1.68 bits per heavy atom. The quantitative estimate of drug-likeness (QED) is 0.132. The normalized spacial score (nSPS) is 10.2. The fourth-order valence-electron chi connectivity index (χ4n) is 3.59. The Bertz CT molecular complexity index is 1440. The first-order valence-electron chi connectivity index (χ1n) is 11.4. The lowest BCUT2D eigenvalue weighted by molar-refractivity contribution is -0.111. The van der Waals surface area contributed by atoms with Crippen LogP contribution >= 0.6 is 0 Å². The number of nitroso groups, excluding NO2 is 1. The molecule has 38 heavy (non-hydrogen) atoms. The monoisotopic (exact) mass is 511 g/mol. The lowest BCUT2D eigenvalue weighted by Crippen LogP contribution is -2.10. The van der Waals surface area contributed by atoms with Crippen LogP contribution in [0.5, 0.6) is 23.0 Å². The van der Waals surface area contributed by atoms with Gasteiger partial charge in [0.2, 0.25) is 5.91 Å². The van der Waals surface area contributed by atoms with Crippen molar-refractivity contribution in [3.05, 3.63) is 103 Å². The number of pyridine rings is 1. The van der Waals surface area contributed by atoms with Crippen LogP contribution < -0.4 is 29.9 Å².